The highest BCUT2D eigenvalue weighted by Crippen LogP contribution is 2.27. The van der Waals surface area contributed by atoms with Crippen molar-refractivity contribution in [1.82, 2.24) is 14.8 Å². The Morgan fingerprint density at radius 2 is 1.96 bits per heavy atom. The standard InChI is InChI=1S/C18H15ClF2N4OS/c1-2-25-17(22-16(26)11-7-8-14(20)15(21)9-11)23-24-18(25)27-10-12-5-3-4-6-13(12)19/h3-9H,2,10H2,1H3,(H,22,23,26). The Morgan fingerprint density at radius 3 is 2.67 bits per heavy atom. The van der Waals surface area contributed by atoms with E-state index in [-0.39, 0.29) is 11.5 Å². The third-order valence-electron chi connectivity index (χ3n) is 3.75. The summed E-state index contributed by atoms with van der Waals surface area (Å²) in [4.78, 5) is 12.3. The highest BCUT2D eigenvalue weighted by molar-refractivity contribution is 7.98. The number of nitrogens with one attached hydrogen (secondary N) is 1. The molecule has 9 heteroatoms. The number of amides is 1. The number of hydrogen-bond acceptors (Lipinski definition) is 4. The van der Waals surface area contributed by atoms with E-state index in [1.165, 1.54) is 17.8 Å². The second kappa shape index (κ2) is 8.49. The Bertz CT molecular complexity index is 980. The van der Waals surface area contributed by atoms with Gasteiger partial charge < -0.3 is 0 Å². The molecule has 0 saturated carbocycles. The summed E-state index contributed by atoms with van der Waals surface area (Å²) in [7, 11) is 0. The zero-order valence-electron chi connectivity index (χ0n) is 14.2. The molecule has 0 spiro atoms. The van der Waals surface area contributed by atoms with Crippen molar-refractivity contribution in [3.05, 3.63) is 70.2 Å². The van der Waals surface area contributed by atoms with Crippen LogP contribution in [0.25, 0.3) is 0 Å². The smallest absolute Gasteiger partial charge is 0.258 e. The van der Waals surface area contributed by atoms with Crippen molar-refractivity contribution in [2.75, 3.05) is 5.32 Å². The van der Waals surface area contributed by atoms with Crippen LogP contribution in [0.5, 0.6) is 0 Å². The number of benzene rings is 2. The summed E-state index contributed by atoms with van der Waals surface area (Å²) in [5, 5.41) is 11.9. The molecule has 27 heavy (non-hydrogen) atoms. The molecule has 0 unspecified atom stereocenters. The molecule has 5 nitrogen and oxygen atoms in total. The monoisotopic (exact) mass is 408 g/mol. The molecule has 1 amide bonds. The second-order valence-corrected chi connectivity index (χ2v) is 6.86. The van der Waals surface area contributed by atoms with Gasteiger partial charge in [-0.3, -0.25) is 14.7 Å². The molecule has 2 aromatic carbocycles. The lowest BCUT2D eigenvalue weighted by Crippen LogP contribution is -2.16. The highest BCUT2D eigenvalue weighted by Gasteiger charge is 2.16. The molecule has 140 valence electrons. The van der Waals surface area contributed by atoms with E-state index >= 15 is 0 Å². The molecule has 0 bridgehead atoms. The second-order valence-electron chi connectivity index (χ2n) is 5.51. The van der Waals surface area contributed by atoms with Gasteiger partial charge in [-0.05, 0) is 36.8 Å². The van der Waals surface area contributed by atoms with Gasteiger partial charge in [-0.2, -0.15) is 0 Å². The number of aromatic nitrogens is 3. The number of halogens is 3. The Morgan fingerprint density at radius 1 is 1.19 bits per heavy atom. The molecule has 1 N–H and O–H groups in total. The lowest BCUT2D eigenvalue weighted by atomic mass is 10.2. The van der Waals surface area contributed by atoms with Gasteiger partial charge in [-0.25, -0.2) is 8.78 Å². The van der Waals surface area contributed by atoms with Gasteiger partial charge in [0.15, 0.2) is 16.8 Å². The predicted octanol–water partition coefficient (Wildman–Crippen LogP) is 4.77. The maximum Gasteiger partial charge on any atom is 0.258 e. The fourth-order valence-corrected chi connectivity index (χ4v) is 3.63. The average molecular weight is 409 g/mol. The molecule has 3 rings (SSSR count). The first-order valence-corrected chi connectivity index (χ1v) is 9.41. The Kier molecular flexibility index (Phi) is 6.08. The van der Waals surface area contributed by atoms with Gasteiger partial charge in [0, 0.05) is 22.9 Å². The van der Waals surface area contributed by atoms with E-state index in [9.17, 15) is 13.6 Å². The van der Waals surface area contributed by atoms with Crippen LogP contribution >= 0.6 is 23.4 Å². The van der Waals surface area contributed by atoms with Gasteiger partial charge in [-0.15, -0.1) is 10.2 Å². The van der Waals surface area contributed by atoms with Gasteiger partial charge in [-0.1, -0.05) is 41.6 Å². The summed E-state index contributed by atoms with van der Waals surface area (Å²) in [5.74, 6) is -1.88. The largest absolute Gasteiger partial charge is 0.290 e. The van der Waals surface area contributed by atoms with Gasteiger partial charge in [0.2, 0.25) is 5.95 Å². The van der Waals surface area contributed by atoms with Crippen LogP contribution < -0.4 is 5.32 Å². The van der Waals surface area contributed by atoms with Crippen LogP contribution in [0.3, 0.4) is 0 Å². The lowest BCUT2D eigenvalue weighted by molar-refractivity contribution is 0.102. The molecule has 0 saturated heterocycles. The van der Waals surface area contributed by atoms with Crippen molar-refractivity contribution in [3.8, 4) is 0 Å². The lowest BCUT2D eigenvalue weighted by Gasteiger charge is -2.09. The van der Waals surface area contributed by atoms with E-state index in [0.717, 1.165) is 17.7 Å². The number of hydrogen-bond donors (Lipinski definition) is 1. The summed E-state index contributed by atoms with van der Waals surface area (Å²) in [5.41, 5.74) is 0.951. The first kappa shape index (κ1) is 19.3. The molecular weight excluding hydrogens is 394 g/mol. The Labute approximate surface area is 163 Å². The van der Waals surface area contributed by atoms with Crippen molar-refractivity contribution in [1.29, 1.82) is 0 Å². The number of nitrogens with zero attached hydrogens (tertiary/aromatic N) is 3. The fraction of sp³-hybridized carbons (Fsp3) is 0.167. The van der Waals surface area contributed by atoms with E-state index in [2.05, 4.69) is 15.5 Å². The van der Waals surface area contributed by atoms with Gasteiger partial charge in [0.05, 0.1) is 0 Å². The minimum atomic E-state index is -1.09. The van der Waals surface area contributed by atoms with E-state index < -0.39 is 17.5 Å². The molecule has 1 aromatic heterocycles. The van der Waals surface area contributed by atoms with Crippen LogP contribution in [0, 0.1) is 11.6 Å². The molecule has 3 aromatic rings. The van der Waals surface area contributed by atoms with E-state index in [0.29, 0.717) is 22.5 Å². The van der Waals surface area contributed by atoms with Crippen molar-refractivity contribution in [2.45, 2.75) is 24.4 Å². The Balaban J connectivity index is 1.74. The molecule has 0 aliphatic heterocycles. The summed E-state index contributed by atoms with van der Waals surface area (Å²) in [6.07, 6.45) is 0. The quantitative estimate of drug-likeness (QED) is 0.596. The molecule has 0 atom stereocenters. The van der Waals surface area contributed by atoms with Crippen LogP contribution in [-0.2, 0) is 12.3 Å². The molecule has 0 aliphatic rings. The topological polar surface area (TPSA) is 59.8 Å². The minimum absolute atomic E-state index is 0.00942. The van der Waals surface area contributed by atoms with Gasteiger partial charge in [0.25, 0.3) is 5.91 Å². The third kappa shape index (κ3) is 4.45. The van der Waals surface area contributed by atoms with Crippen LogP contribution in [-0.4, -0.2) is 20.7 Å². The van der Waals surface area contributed by atoms with E-state index in [4.69, 9.17) is 11.6 Å². The third-order valence-corrected chi connectivity index (χ3v) is 5.14. The highest BCUT2D eigenvalue weighted by atomic mass is 35.5. The maximum absolute atomic E-state index is 13.3. The van der Waals surface area contributed by atoms with Gasteiger partial charge >= 0.3 is 0 Å². The molecule has 0 aliphatic carbocycles. The number of carbonyl (C=O) groups is 1. The number of carbonyl (C=O) groups excluding carboxylic acids is 1. The SMILES string of the molecule is CCn1c(NC(=O)c2ccc(F)c(F)c2)nnc1SCc1ccccc1Cl. The van der Waals surface area contributed by atoms with Crippen molar-refractivity contribution >= 4 is 35.2 Å². The van der Waals surface area contributed by atoms with Crippen LogP contribution in [0.1, 0.15) is 22.8 Å². The zero-order valence-corrected chi connectivity index (χ0v) is 15.8. The first-order chi connectivity index (χ1) is 13.0. The maximum atomic E-state index is 13.3. The van der Waals surface area contributed by atoms with E-state index in [1.54, 1.807) is 4.57 Å². The summed E-state index contributed by atoms with van der Waals surface area (Å²) < 4.78 is 28.1. The number of rotatable bonds is 6. The molecular formula is C18H15ClF2N4OS. The fourth-order valence-electron chi connectivity index (χ4n) is 2.34. The number of thioether (sulfide) groups is 1. The summed E-state index contributed by atoms with van der Waals surface area (Å²) in [6.45, 7) is 2.40. The molecule has 1 heterocycles. The predicted molar refractivity (Wildman–Crippen MR) is 101 cm³/mol. The average Bonchev–Trinajstić information content (AvgIpc) is 3.04. The summed E-state index contributed by atoms with van der Waals surface area (Å²) in [6, 6.07) is 10.4. The Hall–Kier alpha value is -2.45. The van der Waals surface area contributed by atoms with Crippen molar-refractivity contribution in [3.63, 3.8) is 0 Å². The number of anilines is 1. The molecule has 0 fully saturated rings. The zero-order chi connectivity index (χ0) is 19.4. The van der Waals surface area contributed by atoms with Crippen molar-refractivity contribution < 1.29 is 13.6 Å². The minimum Gasteiger partial charge on any atom is -0.290 e. The van der Waals surface area contributed by atoms with E-state index in [1.807, 2.05) is 31.2 Å². The van der Waals surface area contributed by atoms with Crippen molar-refractivity contribution in [2.24, 2.45) is 0 Å². The molecule has 0 radical (unpaired) electrons. The van der Waals surface area contributed by atoms with Gasteiger partial charge in [0.1, 0.15) is 0 Å². The first-order valence-electron chi connectivity index (χ1n) is 8.05. The van der Waals surface area contributed by atoms with Crippen LogP contribution in [0.4, 0.5) is 14.7 Å². The summed E-state index contributed by atoms with van der Waals surface area (Å²) >= 11 is 7.59. The van der Waals surface area contributed by atoms with Crippen LogP contribution in [0.2, 0.25) is 5.02 Å². The van der Waals surface area contributed by atoms with Crippen LogP contribution in [0.15, 0.2) is 47.6 Å². The normalized spacial score (nSPS) is 10.8.